The summed E-state index contributed by atoms with van der Waals surface area (Å²) in [5, 5.41) is 0. The van der Waals surface area contributed by atoms with Gasteiger partial charge in [-0.25, -0.2) is 0 Å². The molecule has 0 spiro atoms. The molecule has 0 saturated carbocycles. The van der Waals surface area contributed by atoms with Gasteiger partial charge in [0.25, 0.3) is 0 Å². The van der Waals surface area contributed by atoms with Gasteiger partial charge in [0.1, 0.15) is 0 Å². The zero-order chi connectivity index (χ0) is 14.4. The average molecular weight is 280 g/mol. The van der Waals surface area contributed by atoms with Crippen molar-refractivity contribution in [1.29, 1.82) is 0 Å². The molecule has 1 aliphatic rings. The molecule has 112 valence electrons. The minimum atomic E-state index is 0.127. The van der Waals surface area contributed by atoms with Crippen LogP contribution >= 0.6 is 0 Å². The fraction of sp³-hybridized carbons (Fsp3) is 0.600. The van der Waals surface area contributed by atoms with E-state index in [4.69, 9.17) is 19.9 Å². The number of benzene rings is 1. The summed E-state index contributed by atoms with van der Waals surface area (Å²) < 4.78 is 16.4. The van der Waals surface area contributed by atoms with Crippen molar-refractivity contribution < 1.29 is 14.2 Å². The van der Waals surface area contributed by atoms with Crippen LogP contribution in [0.5, 0.6) is 11.5 Å². The standard InChI is InChI=1S/C15H24N2O3/c1-18-14-6-3-5-12(15(14)19-2)13(11-16)17-7-4-9-20-10-8-17/h3,5-6,13H,4,7-11,16H2,1-2H3. The summed E-state index contributed by atoms with van der Waals surface area (Å²) in [5.74, 6) is 1.52. The van der Waals surface area contributed by atoms with Crippen molar-refractivity contribution in [3.63, 3.8) is 0 Å². The predicted octanol–water partition coefficient (Wildman–Crippen LogP) is 1.43. The number of rotatable bonds is 5. The minimum Gasteiger partial charge on any atom is -0.493 e. The van der Waals surface area contributed by atoms with Crippen molar-refractivity contribution in [2.45, 2.75) is 12.5 Å². The molecular weight excluding hydrogens is 256 g/mol. The van der Waals surface area contributed by atoms with Crippen LogP contribution in [0.25, 0.3) is 0 Å². The maximum Gasteiger partial charge on any atom is 0.165 e. The van der Waals surface area contributed by atoms with Gasteiger partial charge in [-0.15, -0.1) is 0 Å². The van der Waals surface area contributed by atoms with E-state index in [9.17, 15) is 0 Å². The molecule has 1 unspecified atom stereocenters. The maximum atomic E-state index is 6.02. The molecule has 2 N–H and O–H groups in total. The molecule has 0 radical (unpaired) electrons. The number of methoxy groups -OCH3 is 2. The molecular formula is C15H24N2O3. The lowest BCUT2D eigenvalue weighted by Gasteiger charge is -2.30. The highest BCUT2D eigenvalue weighted by atomic mass is 16.5. The summed E-state index contributed by atoms with van der Waals surface area (Å²) in [6, 6.07) is 6.07. The van der Waals surface area contributed by atoms with Crippen LogP contribution in [-0.4, -0.2) is 52.0 Å². The van der Waals surface area contributed by atoms with Crippen molar-refractivity contribution >= 4 is 0 Å². The van der Waals surface area contributed by atoms with Gasteiger partial charge in [-0.1, -0.05) is 12.1 Å². The van der Waals surface area contributed by atoms with Gasteiger partial charge >= 0.3 is 0 Å². The van der Waals surface area contributed by atoms with E-state index in [1.807, 2.05) is 12.1 Å². The SMILES string of the molecule is COc1cccc(C(CN)N2CCCOCC2)c1OC. The molecule has 1 heterocycles. The second kappa shape index (κ2) is 7.47. The van der Waals surface area contributed by atoms with Crippen LogP contribution in [0.15, 0.2) is 18.2 Å². The van der Waals surface area contributed by atoms with E-state index in [0.29, 0.717) is 6.54 Å². The van der Waals surface area contributed by atoms with E-state index in [2.05, 4.69) is 11.0 Å². The smallest absolute Gasteiger partial charge is 0.165 e. The Morgan fingerprint density at radius 2 is 2.10 bits per heavy atom. The lowest BCUT2D eigenvalue weighted by molar-refractivity contribution is 0.132. The molecule has 1 fully saturated rings. The normalized spacial score (nSPS) is 18.4. The lowest BCUT2D eigenvalue weighted by atomic mass is 10.0. The van der Waals surface area contributed by atoms with Gasteiger partial charge in [0, 0.05) is 31.8 Å². The van der Waals surface area contributed by atoms with Gasteiger partial charge in [-0.05, 0) is 12.5 Å². The first-order valence-electron chi connectivity index (χ1n) is 7.04. The van der Waals surface area contributed by atoms with Gasteiger partial charge in [0.15, 0.2) is 11.5 Å². The van der Waals surface area contributed by atoms with Gasteiger partial charge in [0.05, 0.1) is 26.9 Å². The fourth-order valence-corrected chi connectivity index (χ4v) is 2.72. The van der Waals surface area contributed by atoms with Gasteiger partial charge < -0.3 is 19.9 Å². The number of hydrogen-bond donors (Lipinski definition) is 1. The zero-order valence-corrected chi connectivity index (χ0v) is 12.3. The first-order chi connectivity index (χ1) is 9.81. The first-order valence-corrected chi connectivity index (χ1v) is 7.04. The summed E-state index contributed by atoms with van der Waals surface area (Å²) in [7, 11) is 3.32. The van der Waals surface area contributed by atoms with E-state index >= 15 is 0 Å². The highest BCUT2D eigenvalue weighted by molar-refractivity contribution is 5.48. The van der Waals surface area contributed by atoms with Crippen molar-refractivity contribution in [2.75, 3.05) is 47.1 Å². The Labute approximate surface area is 120 Å². The monoisotopic (exact) mass is 280 g/mol. The van der Waals surface area contributed by atoms with E-state index in [1.54, 1.807) is 14.2 Å². The molecule has 1 aromatic carbocycles. The van der Waals surface area contributed by atoms with Crippen molar-refractivity contribution in [1.82, 2.24) is 4.90 Å². The minimum absolute atomic E-state index is 0.127. The van der Waals surface area contributed by atoms with Crippen LogP contribution in [0.2, 0.25) is 0 Å². The number of hydrogen-bond acceptors (Lipinski definition) is 5. The molecule has 5 heteroatoms. The zero-order valence-electron chi connectivity index (χ0n) is 12.3. The van der Waals surface area contributed by atoms with E-state index in [0.717, 1.165) is 49.8 Å². The quantitative estimate of drug-likeness (QED) is 0.884. The molecule has 0 bridgehead atoms. The molecule has 0 aromatic heterocycles. The molecule has 5 nitrogen and oxygen atoms in total. The second-order valence-corrected chi connectivity index (χ2v) is 4.84. The van der Waals surface area contributed by atoms with Crippen molar-refractivity contribution in [3.05, 3.63) is 23.8 Å². The van der Waals surface area contributed by atoms with E-state index < -0.39 is 0 Å². The average Bonchev–Trinajstić information content (AvgIpc) is 2.77. The highest BCUT2D eigenvalue weighted by Gasteiger charge is 2.24. The van der Waals surface area contributed by atoms with Gasteiger partial charge in [0.2, 0.25) is 0 Å². The third-order valence-electron chi connectivity index (χ3n) is 3.71. The van der Waals surface area contributed by atoms with Crippen LogP contribution in [-0.2, 0) is 4.74 Å². The third-order valence-corrected chi connectivity index (χ3v) is 3.71. The van der Waals surface area contributed by atoms with Crippen LogP contribution in [0.1, 0.15) is 18.0 Å². The Hall–Kier alpha value is -1.30. The van der Waals surface area contributed by atoms with Crippen LogP contribution < -0.4 is 15.2 Å². The lowest BCUT2D eigenvalue weighted by Crippen LogP contribution is -2.35. The van der Waals surface area contributed by atoms with E-state index in [-0.39, 0.29) is 6.04 Å². The summed E-state index contributed by atoms with van der Waals surface area (Å²) in [4.78, 5) is 2.37. The summed E-state index contributed by atoms with van der Waals surface area (Å²) in [6.45, 7) is 4.00. The van der Waals surface area contributed by atoms with Crippen LogP contribution in [0, 0.1) is 0 Å². The Morgan fingerprint density at radius 1 is 1.25 bits per heavy atom. The number of para-hydroxylation sites is 1. The highest BCUT2D eigenvalue weighted by Crippen LogP contribution is 2.36. The molecule has 0 aliphatic carbocycles. The number of nitrogens with two attached hydrogens (primary N) is 1. The molecule has 1 aliphatic heterocycles. The largest absolute Gasteiger partial charge is 0.493 e. The summed E-state index contributed by atoms with van der Waals surface area (Å²) in [6.07, 6.45) is 1.03. The Balaban J connectivity index is 2.30. The number of nitrogens with zero attached hydrogens (tertiary/aromatic N) is 1. The Morgan fingerprint density at radius 3 is 2.80 bits per heavy atom. The Bertz CT molecular complexity index is 418. The second-order valence-electron chi connectivity index (χ2n) is 4.84. The fourth-order valence-electron chi connectivity index (χ4n) is 2.72. The maximum absolute atomic E-state index is 6.02. The van der Waals surface area contributed by atoms with Gasteiger partial charge in [-0.3, -0.25) is 4.90 Å². The Kier molecular flexibility index (Phi) is 5.64. The summed E-state index contributed by atoms with van der Waals surface area (Å²) >= 11 is 0. The molecule has 20 heavy (non-hydrogen) atoms. The number of ether oxygens (including phenoxy) is 3. The van der Waals surface area contributed by atoms with Crippen molar-refractivity contribution in [3.8, 4) is 11.5 Å². The van der Waals surface area contributed by atoms with E-state index in [1.165, 1.54) is 0 Å². The molecule has 1 saturated heterocycles. The summed E-state index contributed by atoms with van der Waals surface area (Å²) in [5.41, 5.74) is 7.10. The molecule has 2 rings (SSSR count). The predicted molar refractivity (Wildman–Crippen MR) is 78.4 cm³/mol. The van der Waals surface area contributed by atoms with Crippen LogP contribution in [0.3, 0.4) is 0 Å². The first kappa shape index (κ1) is 15.1. The molecule has 0 amide bonds. The van der Waals surface area contributed by atoms with Crippen LogP contribution in [0.4, 0.5) is 0 Å². The van der Waals surface area contributed by atoms with Gasteiger partial charge in [-0.2, -0.15) is 0 Å². The topological polar surface area (TPSA) is 57.0 Å². The molecule has 1 aromatic rings. The van der Waals surface area contributed by atoms with Crippen molar-refractivity contribution in [2.24, 2.45) is 5.73 Å². The molecule has 1 atom stereocenters. The third kappa shape index (κ3) is 3.23.